The lowest BCUT2D eigenvalue weighted by molar-refractivity contribution is 0.164. The maximum absolute atomic E-state index is 12.0. The Bertz CT molecular complexity index is 1250. The largest absolute Gasteiger partial charge is 0.281 e. The first-order valence-corrected chi connectivity index (χ1v) is 12.9. The molecule has 1 saturated heterocycles. The molecule has 1 atom stereocenters. The molecule has 2 aromatic carbocycles. The molecule has 2 heterocycles. The molecule has 1 fully saturated rings. The van der Waals surface area contributed by atoms with E-state index in [4.69, 9.17) is 28.9 Å². The minimum absolute atomic E-state index is 0.0139. The van der Waals surface area contributed by atoms with Crippen molar-refractivity contribution in [2.45, 2.75) is 33.0 Å². The summed E-state index contributed by atoms with van der Waals surface area (Å²) >= 11 is 11.9. The Morgan fingerprint density at radius 1 is 1.23 bits per heavy atom. The van der Waals surface area contributed by atoms with Crippen molar-refractivity contribution in [1.29, 1.82) is 0 Å². The van der Waals surface area contributed by atoms with E-state index in [0.29, 0.717) is 22.9 Å². The SMILES string of the molecule is CCN(Cn1nc(-c2ccc(Cl)cc2)n(-c2cccc(C)c2)c1=S)[C@@H]1CCS(=O)(=O)C1. The predicted octanol–water partition coefficient (Wildman–Crippen LogP) is 4.50. The van der Waals surface area contributed by atoms with Gasteiger partial charge in [0.1, 0.15) is 0 Å². The molecule has 164 valence electrons. The standard InChI is InChI=1S/C22H25ClN4O2S2/c1-3-25(20-11-12-31(28,29)14-20)15-26-22(30)27(19-6-4-5-16(2)13-19)21(24-26)17-7-9-18(23)10-8-17/h4-10,13,20H,3,11-12,14-15H2,1-2H3/t20-/m1/s1. The van der Waals surface area contributed by atoms with Crippen molar-refractivity contribution in [3.8, 4) is 17.1 Å². The maximum Gasteiger partial charge on any atom is 0.204 e. The van der Waals surface area contributed by atoms with Crippen LogP contribution in [0.15, 0.2) is 48.5 Å². The number of halogens is 1. The van der Waals surface area contributed by atoms with Crippen molar-refractivity contribution in [2.24, 2.45) is 0 Å². The first-order chi connectivity index (χ1) is 14.8. The van der Waals surface area contributed by atoms with Crippen molar-refractivity contribution < 1.29 is 8.42 Å². The topological polar surface area (TPSA) is 60.1 Å². The molecule has 0 unspecified atom stereocenters. The van der Waals surface area contributed by atoms with E-state index in [1.807, 2.05) is 60.9 Å². The highest BCUT2D eigenvalue weighted by molar-refractivity contribution is 7.91. The van der Waals surface area contributed by atoms with E-state index >= 15 is 0 Å². The van der Waals surface area contributed by atoms with Crippen LogP contribution in [0.5, 0.6) is 0 Å². The van der Waals surface area contributed by atoms with Gasteiger partial charge in [-0.1, -0.05) is 30.7 Å². The Hall–Kier alpha value is -2.00. The van der Waals surface area contributed by atoms with Gasteiger partial charge in [-0.15, -0.1) is 5.10 Å². The molecule has 4 rings (SSSR count). The van der Waals surface area contributed by atoms with E-state index < -0.39 is 9.84 Å². The lowest BCUT2D eigenvalue weighted by Crippen LogP contribution is -2.37. The van der Waals surface area contributed by atoms with Crippen molar-refractivity contribution in [3.63, 3.8) is 0 Å². The summed E-state index contributed by atoms with van der Waals surface area (Å²) in [4.78, 5) is 2.14. The molecule has 6 nitrogen and oxygen atoms in total. The molecule has 0 spiro atoms. The molecule has 1 aliphatic heterocycles. The summed E-state index contributed by atoms with van der Waals surface area (Å²) in [5, 5.41) is 5.51. The van der Waals surface area contributed by atoms with E-state index in [1.165, 1.54) is 0 Å². The third-order valence-corrected chi connectivity index (χ3v) is 8.04. The lowest BCUT2D eigenvalue weighted by atomic mass is 10.2. The number of hydrogen-bond acceptors (Lipinski definition) is 5. The Morgan fingerprint density at radius 2 is 1.97 bits per heavy atom. The molecule has 0 radical (unpaired) electrons. The average Bonchev–Trinajstić information content (AvgIpc) is 3.25. The summed E-state index contributed by atoms with van der Waals surface area (Å²) in [6, 6.07) is 15.6. The second kappa shape index (κ2) is 8.86. The first kappa shape index (κ1) is 22.2. The Kier molecular flexibility index (Phi) is 6.35. The molecule has 0 N–H and O–H groups in total. The fraction of sp³-hybridized carbons (Fsp3) is 0.364. The number of sulfone groups is 1. The maximum atomic E-state index is 12.0. The number of aromatic nitrogens is 3. The Morgan fingerprint density at radius 3 is 2.58 bits per heavy atom. The van der Waals surface area contributed by atoms with Gasteiger partial charge in [-0.25, -0.2) is 13.1 Å². The summed E-state index contributed by atoms with van der Waals surface area (Å²) in [6.45, 7) is 5.23. The van der Waals surface area contributed by atoms with Crippen LogP contribution >= 0.6 is 23.8 Å². The monoisotopic (exact) mass is 476 g/mol. The van der Waals surface area contributed by atoms with Gasteiger partial charge in [-0.2, -0.15) is 0 Å². The van der Waals surface area contributed by atoms with E-state index in [1.54, 1.807) is 4.68 Å². The molecule has 3 aromatic rings. The van der Waals surface area contributed by atoms with Crippen LogP contribution in [-0.2, 0) is 16.5 Å². The quantitative estimate of drug-likeness (QED) is 0.490. The zero-order valence-electron chi connectivity index (χ0n) is 17.5. The van der Waals surface area contributed by atoms with Crippen LogP contribution in [0.2, 0.25) is 5.02 Å². The summed E-state index contributed by atoms with van der Waals surface area (Å²) in [7, 11) is -2.97. The van der Waals surface area contributed by atoms with Gasteiger partial charge in [0.05, 0.1) is 23.9 Å². The van der Waals surface area contributed by atoms with Crippen LogP contribution < -0.4 is 0 Å². The van der Waals surface area contributed by atoms with Gasteiger partial charge in [0, 0.05) is 16.6 Å². The van der Waals surface area contributed by atoms with Crippen molar-refractivity contribution in [2.75, 3.05) is 18.1 Å². The van der Waals surface area contributed by atoms with E-state index in [0.717, 1.165) is 29.2 Å². The van der Waals surface area contributed by atoms with Gasteiger partial charge < -0.3 is 0 Å². The number of hydrogen-bond donors (Lipinski definition) is 0. The molecular formula is C22H25ClN4O2S2. The highest BCUT2D eigenvalue weighted by Gasteiger charge is 2.32. The van der Waals surface area contributed by atoms with Crippen LogP contribution in [0.25, 0.3) is 17.1 Å². The Labute approximate surface area is 193 Å². The second-order valence-electron chi connectivity index (χ2n) is 7.89. The molecule has 1 aliphatic rings. The first-order valence-electron chi connectivity index (χ1n) is 10.2. The van der Waals surface area contributed by atoms with Gasteiger partial charge >= 0.3 is 0 Å². The number of benzene rings is 2. The van der Waals surface area contributed by atoms with Gasteiger partial charge in [-0.3, -0.25) is 9.47 Å². The minimum Gasteiger partial charge on any atom is -0.281 e. The highest BCUT2D eigenvalue weighted by Crippen LogP contribution is 2.26. The Balaban J connectivity index is 1.78. The molecule has 1 aromatic heterocycles. The number of nitrogens with zero attached hydrogens (tertiary/aromatic N) is 4. The van der Waals surface area contributed by atoms with Crippen molar-refractivity contribution >= 4 is 33.7 Å². The van der Waals surface area contributed by atoms with Crippen molar-refractivity contribution in [3.05, 3.63) is 63.9 Å². The van der Waals surface area contributed by atoms with Gasteiger partial charge in [-0.05, 0) is 74.1 Å². The van der Waals surface area contributed by atoms with Crippen LogP contribution in [0.4, 0.5) is 0 Å². The molecule has 0 aliphatic carbocycles. The fourth-order valence-corrected chi connectivity index (χ4v) is 6.17. The zero-order valence-corrected chi connectivity index (χ0v) is 19.9. The molecular weight excluding hydrogens is 452 g/mol. The predicted molar refractivity (Wildman–Crippen MR) is 127 cm³/mol. The van der Waals surface area contributed by atoms with E-state index in [9.17, 15) is 8.42 Å². The summed E-state index contributed by atoms with van der Waals surface area (Å²) < 4.78 is 28.3. The zero-order chi connectivity index (χ0) is 22.2. The summed E-state index contributed by atoms with van der Waals surface area (Å²) in [5.74, 6) is 1.16. The average molecular weight is 477 g/mol. The molecule has 0 bridgehead atoms. The van der Waals surface area contributed by atoms with Crippen molar-refractivity contribution in [1.82, 2.24) is 19.2 Å². The third-order valence-electron chi connectivity index (χ3n) is 5.65. The van der Waals surface area contributed by atoms with Crippen LogP contribution in [0.1, 0.15) is 18.9 Å². The number of rotatable bonds is 6. The normalized spacial score (nSPS) is 18.0. The van der Waals surface area contributed by atoms with Gasteiger partial charge in [0.2, 0.25) is 4.77 Å². The fourth-order valence-electron chi connectivity index (χ4n) is 3.99. The smallest absolute Gasteiger partial charge is 0.204 e. The molecule has 9 heteroatoms. The number of aryl methyl sites for hydroxylation is 1. The van der Waals surface area contributed by atoms with E-state index in [-0.39, 0.29) is 17.5 Å². The highest BCUT2D eigenvalue weighted by atomic mass is 35.5. The lowest BCUT2D eigenvalue weighted by Gasteiger charge is -2.26. The molecule has 31 heavy (non-hydrogen) atoms. The van der Waals surface area contributed by atoms with Crippen LogP contribution in [-0.4, -0.2) is 51.8 Å². The van der Waals surface area contributed by atoms with Gasteiger partial charge in [0.15, 0.2) is 15.7 Å². The van der Waals surface area contributed by atoms with Crippen LogP contribution in [0.3, 0.4) is 0 Å². The van der Waals surface area contributed by atoms with Crippen LogP contribution in [0, 0.1) is 11.7 Å². The van der Waals surface area contributed by atoms with E-state index in [2.05, 4.69) is 11.0 Å². The third kappa shape index (κ3) is 4.77. The summed E-state index contributed by atoms with van der Waals surface area (Å²) in [6.07, 6.45) is 0.645. The second-order valence-corrected chi connectivity index (χ2v) is 10.9. The van der Waals surface area contributed by atoms with Gasteiger partial charge in [0.25, 0.3) is 0 Å². The summed E-state index contributed by atoms with van der Waals surface area (Å²) in [5.41, 5.74) is 2.97. The molecule has 0 saturated carbocycles. The molecule has 0 amide bonds. The minimum atomic E-state index is -2.97.